The molecule has 0 aromatic carbocycles. The molecule has 0 aromatic rings. The minimum Gasteiger partial charge on any atom is -0.513 e. The van der Waals surface area contributed by atoms with E-state index in [4.69, 9.17) is 5.11 Å². The maximum atomic E-state index is 9.43. The first-order valence-electron chi connectivity index (χ1n) is 11.7. The molecular formula is C25H48O2. The van der Waals surface area contributed by atoms with Crippen molar-refractivity contribution in [3.63, 3.8) is 0 Å². The summed E-state index contributed by atoms with van der Waals surface area (Å²) in [6.45, 7) is 9.89. The van der Waals surface area contributed by atoms with Gasteiger partial charge in [-0.15, -0.1) is 6.58 Å². The van der Waals surface area contributed by atoms with E-state index in [2.05, 4.69) is 20.1 Å². The highest BCUT2D eigenvalue weighted by atomic mass is 16.3. The third-order valence-corrected chi connectivity index (χ3v) is 5.57. The first-order valence-corrected chi connectivity index (χ1v) is 11.7. The van der Waals surface area contributed by atoms with E-state index in [0.717, 1.165) is 25.7 Å². The quantitative estimate of drug-likeness (QED) is 0.119. The lowest BCUT2D eigenvalue weighted by Gasteiger charge is -2.13. The molecule has 1 atom stereocenters. The van der Waals surface area contributed by atoms with Crippen molar-refractivity contribution in [3.05, 3.63) is 24.5 Å². The van der Waals surface area contributed by atoms with Crippen molar-refractivity contribution >= 4 is 0 Å². The molecule has 0 aliphatic rings. The Kier molecular flexibility index (Phi) is 19.4. The maximum Gasteiger partial charge on any atom is 0.0851 e. The van der Waals surface area contributed by atoms with E-state index in [1.807, 2.05) is 0 Å². The Hall–Kier alpha value is -0.760. The first-order chi connectivity index (χ1) is 13.1. The van der Waals surface area contributed by atoms with Crippen molar-refractivity contribution in [2.24, 2.45) is 5.92 Å². The van der Waals surface area contributed by atoms with Gasteiger partial charge in [0.1, 0.15) is 0 Å². The summed E-state index contributed by atoms with van der Waals surface area (Å²) in [5, 5.41) is 18.5. The lowest BCUT2D eigenvalue weighted by molar-refractivity contribution is 0.207. The second-order valence-electron chi connectivity index (χ2n) is 8.60. The smallest absolute Gasteiger partial charge is 0.0851 e. The SMILES string of the molecule is C=C(C)CCC(CO)CCCCCCCCCCCCCCCCC(=C)O. The normalized spacial score (nSPS) is 12.2. The summed E-state index contributed by atoms with van der Waals surface area (Å²) in [5.41, 5.74) is 1.23. The van der Waals surface area contributed by atoms with Crippen LogP contribution in [0.2, 0.25) is 0 Å². The van der Waals surface area contributed by atoms with Crippen LogP contribution >= 0.6 is 0 Å². The van der Waals surface area contributed by atoms with Crippen LogP contribution in [0.5, 0.6) is 0 Å². The van der Waals surface area contributed by atoms with Crippen LogP contribution in [0.3, 0.4) is 0 Å². The van der Waals surface area contributed by atoms with Gasteiger partial charge in [0, 0.05) is 13.0 Å². The van der Waals surface area contributed by atoms with Crippen LogP contribution in [0.1, 0.15) is 122 Å². The fourth-order valence-corrected chi connectivity index (χ4v) is 3.66. The molecule has 0 radical (unpaired) electrons. The predicted octanol–water partition coefficient (Wildman–Crippen LogP) is 8.26. The minimum absolute atomic E-state index is 0.336. The van der Waals surface area contributed by atoms with Gasteiger partial charge in [0.25, 0.3) is 0 Å². The maximum absolute atomic E-state index is 9.43. The molecule has 0 spiro atoms. The van der Waals surface area contributed by atoms with Gasteiger partial charge in [-0.3, -0.25) is 0 Å². The van der Waals surface area contributed by atoms with E-state index < -0.39 is 0 Å². The van der Waals surface area contributed by atoms with Crippen molar-refractivity contribution in [2.45, 2.75) is 122 Å². The monoisotopic (exact) mass is 380 g/mol. The molecule has 2 heteroatoms. The highest BCUT2D eigenvalue weighted by Crippen LogP contribution is 2.19. The second-order valence-corrected chi connectivity index (χ2v) is 8.60. The number of aliphatic hydroxyl groups excluding tert-OH is 2. The lowest BCUT2D eigenvalue weighted by atomic mass is 9.95. The standard InChI is InChI=1S/C25H48O2/c1-23(2)20-21-25(22-26)19-17-15-13-11-9-7-5-4-6-8-10-12-14-16-18-24(3)27/h25-27H,1,3-22H2,2H3. The van der Waals surface area contributed by atoms with Crippen LogP contribution in [0.15, 0.2) is 24.5 Å². The zero-order chi connectivity index (χ0) is 20.2. The van der Waals surface area contributed by atoms with E-state index in [1.54, 1.807) is 0 Å². The molecule has 0 heterocycles. The number of unbranched alkanes of at least 4 members (excludes halogenated alkanes) is 13. The summed E-state index contributed by atoms with van der Waals surface area (Å²) in [6, 6.07) is 0. The number of hydrogen-bond acceptors (Lipinski definition) is 2. The van der Waals surface area contributed by atoms with Gasteiger partial charge < -0.3 is 10.2 Å². The van der Waals surface area contributed by atoms with Gasteiger partial charge in [-0.1, -0.05) is 95.6 Å². The largest absolute Gasteiger partial charge is 0.513 e. The number of aliphatic hydroxyl groups is 2. The van der Waals surface area contributed by atoms with Crippen LogP contribution in [0.4, 0.5) is 0 Å². The van der Waals surface area contributed by atoms with Gasteiger partial charge in [-0.05, 0) is 38.5 Å². The average Bonchev–Trinajstić information content (AvgIpc) is 2.63. The summed E-state index contributed by atoms with van der Waals surface area (Å²) in [5.74, 6) is 0.818. The molecule has 2 nitrogen and oxygen atoms in total. The Morgan fingerprint density at radius 3 is 1.41 bits per heavy atom. The third kappa shape index (κ3) is 21.4. The van der Waals surface area contributed by atoms with Crippen LogP contribution < -0.4 is 0 Å². The summed E-state index contributed by atoms with van der Waals surface area (Å²) in [4.78, 5) is 0. The Labute approximate surface area is 170 Å². The highest BCUT2D eigenvalue weighted by Gasteiger charge is 2.06. The van der Waals surface area contributed by atoms with Crippen molar-refractivity contribution in [1.82, 2.24) is 0 Å². The minimum atomic E-state index is 0.336. The van der Waals surface area contributed by atoms with Crippen LogP contribution in [0.25, 0.3) is 0 Å². The molecule has 0 saturated carbocycles. The topological polar surface area (TPSA) is 40.5 Å². The Balaban J connectivity index is 3.20. The van der Waals surface area contributed by atoms with E-state index in [-0.39, 0.29) is 0 Å². The molecule has 27 heavy (non-hydrogen) atoms. The molecule has 0 amide bonds. The zero-order valence-corrected chi connectivity index (χ0v) is 18.3. The van der Waals surface area contributed by atoms with E-state index in [0.29, 0.717) is 18.3 Å². The molecule has 0 saturated heterocycles. The Morgan fingerprint density at radius 1 is 0.630 bits per heavy atom. The molecule has 0 aliphatic carbocycles. The van der Waals surface area contributed by atoms with Gasteiger partial charge in [0.2, 0.25) is 0 Å². The first kappa shape index (κ1) is 26.2. The van der Waals surface area contributed by atoms with Crippen molar-refractivity contribution < 1.29 is 10.2 Å². The predicted molar refractivity (Wildman–Crippen MR) is 120 cm³/mol. The van der Waals surface area contributed by atoms with Crippen molar-refractivity contribution in [1.29, 1.82) is 0 Å². The van der Waals surface area contributed by atoms with Gasteiger partial charge >= 0.3 is 0 Å². The summed E-state index contributed by atoms with van der Waals surface area (Å²) in [7, 11) is 0. The van der Waals surface area contributed by atoms with Crippen LogP contribution in [0, 0.1) is 5.92 Å². The summed E-state index contributed by atoms with van der Waals surface area (Å²) < 4.78 is 0. The lowest BCUT2D eigenvalue weighted by Crippen LogP contribution is -2.06. The number of rotatable bonds is 21. The highest BCUT2D eigenvalue weighted by molar-refractivity contribution is 4.88. The van der Waals surface area contributed by atoms with Gasteiger partial charge in [0.05, 0.1) is 5.76 Å². The molecule has 0 aliphatic heterocycles. The molecule has 0 fully saturated rings. The van der Waals surface area contributed by atoms with E-state index in [1.165, 1.54) is 95.5 Å². The summed E-state index contributed by atoms with van der Waals surface area (Å²) in [6.07, 6.45) is 22.8. The zero-order valence-electron chi connectivity index (χ0n) is 18.3. The van der Waals surface area contributed by atoms with Crippen LogP contribution in [-0.4, -0.2) is 16.8 Å². The van der Waals surface area contributed by atoms with Crippen LogP contribution in [-0.2, 0) is 0 Å². The molecular weight excluding hydrogens is 332 g/mol. The molecule has 2 N–H and O–H groups in total. The summed E-state index contributed by atoms with van der Waals surface area (Å²) >= 11 is 0. The molecule has 0 aromatic heterocycles. The molecule has 0 bridgehead atoms. The van der Waals surface area contributed by atoms with Gasteiger partial charge in [-0.2, -0.15) is 0 Å². The number of hydrogen-bond donors (Lipinski definition) is 2. The van der Waals surface area contributed by atoms with Crippen molar-refractivity contribution in [2.75, 3.05) is 6.61 Å². The Morgan fingerprint density at radius 2 is 1.04 bits per heavy atom. The third-order valence-electron chi connectivity index (χ3n) is 5.57. The molecule has 160 valence electrons. The van der Waals surface area contributed by atoms with Crippen molar-refractivity contribution in [3.8, 4) is 0 Å². The van der Waals surface area contributed by atoms with Gasteiger partial charge in [0.15, 0.2) is 0 Å². The van der Waals surface area contributed by atoms with E-state index in [9.17, 15) is 5.11 Å². The number of allylic oxidation sites excluding steroid dienone is 2. The fraction of sp³-hybridized carbons (Fsp3) is 0.840. The molecule has 1 unspecified atom stereocenters. The Bertz CT molecular complexity index is 348. The second kappa shape index (κ2) is 20.0. The van der Waals surface area contributed by atoms with Gasteiger partial charge in [-0.25, -0.2) is 0 Å². The fourth-order valence-electron chi connectivity index (χ4n) is 3.66. The average molecular weight is 381 g/mol. The van der Waals surface area contributed by atoms with E-state index >= 15 is 0 Å². The molecule has 0 rings (SSSR count).